The van der Waals surface area contributed by atoms with Gasteiger partial charge in [-0.1, -0.05) is 28.1 Å². The Morgan fingerprint density at radius 1 is 1.33 bits per heavy atom. The van der Waals surface area contributed by atoms with E-state index in [0.717, 1.165) is 41.3 Å². The molecule has 3 aliphatic rings. The Labute approximate surface area is 273 Å². The standard InChI is InChI=1S/C26H27ClN10O7S2/c1-10(23(40)41)44-34-15(14-18(27)46-26(29)32-14)20(38)31-16-21(39)37-17(24(42)43)11(9-45-22(16)37)8-35-6-2-3-13-19(35)33-25(28)36(13)12-4-5-30-7-12/h2-3,6,10,12,16,22,28,30H,4-5,7-9H2,1H3,(H5,29,31,32,38,40,41,42,43)/p+1/b34-15-/t10-,12?,16?,22?/m0/s1. The van der Waals surface area contributed by atoms with Crippen LogP contribution in [0, 0.1) is 0 Å². The summed E-state index contributed by atoms with van der Waals surface area (Å²) >= 11 is 8.31. The summed E-state index contributed by atoms with van der Waals surface area (Å²) in [5, 5.41) is 28.1. The number of amides is 2. The summed E-state index contributed by atoms with van der Waals surface area (Å²) in [5.41, 5.74) is 13.1. The van der Waals surface area contributed by atoms with E-state index in [1.165, 1.54) is 18.7 Å². The van der Waals surface area contributed by atoms with E-state index in [9.17, 15) is 24.3 Å². The summed E-state index contributed by atoms with van der Waals surface area (Å²) in [6.07, 6.45) is 1.27. The van der Waals surface area contributed by atoms with Gasteiger partial charge in [0, 0.05) is 17.9 Å². The predicted molar refractivity (Wildman–Crippen MR) is 167 cm³/mol. The van der Waals surface area contributed by atoms with Gasteiger partial charge < -0.3 is 37.2 Å². The van der Waals surface area contributed by atoms with Gasteiger partial charge in [0.2, 0.25) is 6.10 Å². The molecule has 4 atom stereocenters. The molecule has 46 heavy (non-hydrogen) atoms. The molecule has 8 N–H and O–H groups in total. The maximum Gasteiger partial charge on any atom is 0.352 e. The first-order valence-electron chi connectivity index (χ1n) is 13.9. The molecule has 242 valence electrons. The summed E-state index contributed by atoms with van der Waals surface area (Å²) in [6.45, 7) is 2.97. The van der Waals surface area contributed by atoms with Gasteiger partial charge in [-0.05, 0) is 37.0 Å². The molecule has 0 aliphatic carbocycles. The number of pyridine rings is 1. The number of nitrogens with zero attached hydrogens (tertiary/aromatic N) is 6. The van der Waals surface area contributed by atoms with E-state index >= 15 is 0 Å². The van der Waals surface area contributed by atoms with Crippen LogP contribution in [0.1, 0.15) is 25.1 Å². The number of aromatic nitrogens is 4. The Kier molecular flexibility index (Phi) is 8.49. The van der Waals surface area contributed by atoms with Crippen molar-refractivity contribution in [2.24, 2.45) is 5.16 Å². The van der Waals surface area contributed by atoms with Crippen molar-refractivity contribution in [3.05, 3.63) is 39.6 Å². The van der Waals surface area contributed by atoms with Crippen LogP contribution in [0.5, 0.6) is 0 Å². The predicted octanol–water partition coefficient (Wildman–Crippen LogP) is -0.235. The van der Waals surface area contributed by atoms with Crippen molar-refractivity contribution in [3.63, 3.8) is 0 Å². The third kappa shape index (κ3) is 5.59. The fourth-order valence-corrected chi connectivity index (χ4v) is 7.81. The number of thiazole rings is 1. The van der Waals surface area contributed by atoms with Crippen LogP contribution < -0.4 is 26.7 Å². The molecule has 3 aromatic rings. The van der Waals surface area contributed by atoms with Gasteiger partial charge in [-0.15, -0.1) is 11.8 Å². The van der Waals surface area contributed by atoms with Gasteiger partial charge in [-0.25, -0.2) is 19.1 Å². The number of hydrogen-bond acceptors (Lipinski definition) is 13. The van der Waals surface area contributed by atoms with Crippen LogP contribution in [-0.2, 0) is 30.6 Å². The molecule has 2 saturated heterocycles. The number of carboxylic acid groups (broad SMARTS) is 2. The Bertz CT molecular complexity index is 1840. The van der Waals surface area contributed by atoms with Crippen LogP contribution in [-0.4, -0.2) is 95.5 Å². The quantitative estimate of drug-likeness (QED) is 0.0697. The lowest BCUT2D eigenvalue weighted by Crippen LogP contribution is -2.71. The number of hydrogen-bond donors (Lipinski definition) is 6. The van der Waals surface area contributed by atoms with Crippen LogP contribution in [0.2, 0.25) is 4.34 Å². The second-order valence-electron chi connectivity index (χ2n) is 10.7. The number of carbonyl (C=O) groups excluding carboxylic acids is 2. The Morgan fingerprint density at radius 2 is 2.11 bits per heavy atom. The molecule has 2 fully saturated rings. The first-order chi connectivity index (χ1) is 22.0. The minimum Gasteiger partial charge on any atom is -0.478 e. The number of nitrogens with one attached hydrogen (secondary N) is 2. The van der Waals surface area contributed by atoms with Gasteiger partial charge in [0.05, 0.1) is 12.2 Å². The summed E-state index contributed by atoms with van der Waals surface area (Å²) < 4.78 is 3.78. The first kappa shape index (κ1) is 31.5. The van der Waals surface area contributed by atoms with E-state index in [2.05, 4.69) is 25.8 Å². The van der Waals surface area contributed by atoms with E-state index in [1.54, 1.807) is 10.8 Å². The highest BCUT2D eigenvalue weighted by molar-refractivity contribution is 8.00. The molecule has 6 heterocycles. The number of fused-ring (bicyclic) bond motifs is 2. The van der Waals surface area contributed by atoms with E-state index in [4.69, 9.17) is 33.0 Å². The minimum absolute atomic E-state index is 0.00802. The second kappa shape index (κ2) is 12.4. The number of anilines is 2. The maximum absolute atomic E-state index is 13.4. The fourth-order valence-electron chi connectivity index (χ4n) is 5.55. The molecule has 0 aromatic carbocycles. The van der Waals surface area contributed by atoms with Crippen molar-refractivity contribution in [2.45, 2.75) is 43.5 Å². The molecule has 20 heteroatoms. The lowest BCUT2D eigenvalue weighted by Gasteiger charge is -2.49. The van der Waals surface area contributed by atoms with Crippen molar-refractivity contribution in [1.82, 2.24) is 30.1 Å². The molecule has 3 unspecified atom stereocenters. The molecule has 0 bridgehead atoms. The molecule has 6 rings (SSSR count). The van der Waals surface area contributed by atoms with Crippen LogP contribution in [0.25, 0.3) is 11.2 Å². The average Bonchev–Trinajstić information content (AvgIpc) is 3.74. The zero-order valence-corrected chi connectivity index (χ0v) is 26.4. The number of rotatable bonds is 10. The number of oxime groups is 1. The van der Waals surface area contributed by atoms with Gasteiger partial charge in [0.15, 0.2) is 10.8 Å². The van der Waals surface area contributed by atoms with Crippen LogP contribution >= 0.6 is 34.7 Å². The van der Waals surface area contributed by atoms with Gasteiger partial charge in [0.1, 0.15) is 39.2 Å². The largest absolute Gasteiger partial charge is 0.478 e. The van der Waals surface area contributed by atoms with Crippen molar-refractivity contribution in [3.8, 4) is 0 Å². The number of halogens is 1. The number of nitrogens with two attached hydrogens (primary N) is 2. The van der Waals surface area contributed by atoms with Gasteiger partial charge >= 0.3 is 23.5 Å². The number of β-lactam (4-membered cyclic amide) rings is 1. The van der Waals surface area contributed by atoms with Crippen molar-refractivity contribution >= 4 is 86.4 Å². The van der Waals surface area contributed by atoms with E-state index in [0.29, 0.717) is 17.2 Å². The Balaban J connectivity index is 1.25. The summed E-state index contributed by atoms with van der Waals surface area (Å²) in [4.78, 5) is 65.1. The number of carbonyl (C=O) groups is 4. The number of carboxylic acids is 2. The first-order valence-corrected chi connectivity index (χ1v) is 16.2. The normalized spacial score (nSPS) is 22.0. The number of thioether (sulfide) groups is 1. The van der Waals surface area contributed by atoms with Crippen LogP contribution in [0.4, 0.5) is 11.1 Å². The maximum atomic E-state index is 13.4. The zero-order valence-electron chi connectivity index (χ0n) is 24.0. The van der Waals surface area contributed by atoms with E-state index < -0.39 is 47.0 Å². The van der Waals surface area contributed by atoms with Crippen molar-refractivity contribution < 1.29 is 38.8 Å². The number of imidazole rings is 1. The Hall–Kier alpha value is -4.46. The molecular formula is C26H28ClN10O7S2+. The zero-order chi connectivity index (χ0) is 32.9. The smallest absolute Gasteiger partial charge is 0.352 e. The minimum atomic E-state index is -1.41. The molecule has 0 saturated carbocycles. The summed E-state index contributed by atoms with van der Waals surface area (Å²) in [6, 6.07) is 2.77. The summed E-state index contributed by atoms with van der Waals surface area (Å²) in [7, 11) is 0. The number of nitrogen functional groups attached to an aromatic ring is 2. The molecule has 3 aromatic heterocycles. The SMILES string of the molecule is C[C@H](O/N=C(\C(=O)NC1C(=O)N2C(C(=O)O)=C(C[n+]3cccc4c3nc(N)n4C3CCNC3)CSC12)c1nc(N)sc1Cl)C(=O)O. The number of aliphatic carboxylic acids is 2. The van der Waals surface area contributed by atoms with Gasteiger partial charge in [-0.3, -0.25) is 19.1 Å². The molecular weight excluding hydrogens is 664 g/mol. The Morgan fingerprint density at radius 3 is 2.76 bits per heavy atom. The topological polar surface area (TPSA) is 244 Å². The van der Waals surface area contributed by atoms with Gasteiger partial charge in [0.25, 0.3) is 11.8 Å². The highest BCUT2D eigenvalue weighted by atomic mass is 35.5. The van der Waals surface area contributed by atoms with E-state index in [-0.39, 0.29) is 39.2 Å². The van der Waals surface area contributed by atoms with Crippen LogP contribution in [0.15, 0.2) is 34.8 Å². The fraction of sp³-hybridized carbons (Fsp3) is 0.385. The highest BCUT2D eigenvalue weighted by Gasteiger charge is 2.54. The molecule has 2 amide bonds. The van der Waals surface area contributed by atoms with Gasteiger partial charge in [-0.2, -0.15) is 0 Å². The second-order valence-corrected chi connectivity index (χ2v) is 13.4. The molecule has 0 radical (unpaired) electrons. The highest BCUT2D eigenvalue weighted by Crippen LogP contribution is 2.40. The lowest BCUT2D eigenvalue weighted by atomic mass is 10.0. The third-order valence-corrected chi connectivity index (χ3v) is 10.2. The average molecular weight is 692 g/mol. The third-order valence-electron chi connectivity index (χ3n) is 7.74. The van der Waals surface area contributed by atoms with Crippen LogP contribution in [0.3, 0.4) is 0 Å². The van der Waals surface area contributed by atoms with Crippen molar-refractivity contribution in [1.29, 1.82) is 0 Å². The summed E-state index contributed by atoms with van der Waals surface area (Å²) in [5.74, 6) is -3.63. The lowest BCUT2D eigenvalue weighted by molar-refractivity contribution is -0.664. The van der Waals surface area contributed by atoms with E-state index in [1.807, 2.05) is 16.7 Å². The molecule has 17 nitrogen and oxygen atoms in total. The molecule has 3 aliphatic heterocycles. The van der Waals surface area contributed by atoms with Crippen molar-refractivity contribution in [2.75, 3.05) is 30.3 Å². The molecule has 0 spiro atoms. The monoisotopic (exact) mass is 691 g/mol.